The molecule has 3 nitrogen and oxygen atoms in total. The summed E-state index contributed by atoms with van der Waals surface area (Å²) in [6.07, 6.45) is 3.60. The quantitative estimate of drug-likeness (QED) is 0.638. The Labute approximate surface area is 66.8 Å². The topological polar surface area (TPSA) is 49.3 Å². The maximum absolute atomic E-state index is 10.2. The van der Waals surface area contributed by atoms with E-state index in [9.17, 15) is 4.79 Å². The molecule has 2 N–H and O–H groups in total. The normalized spacial score (nSPS) is 30.6. The fourth-order valence-corrected chi connectivity index (χ4v) is 1.67. The van der Waals surface area contributed by atoms with Crippen LogP contribution in [0.4, 0.5) is 0 Å². The van der Waals surface area contributed by atoms with E-state index in [-0.39, 0.29) is 6.54 Å². The minimum atomic E-state index is -0.760. The Balaban J connectivity index is 2.20. The summed E-state index contributed by atoms with van der Waals surface area (Å²) in [5.41, 5.74) is 0. The molecular weight excluding hydrogens is 142 g/mol. The van der Waals surface area contributed by atoms with Gasteiger partial charge in [-0.2, -0.15) is 0 Å². The van der Waals surface area contributed by atoms with Crippen LogP contribution in [-0.4, -0.2) is 23.7 Å². The summed E-state index contributed by atoms with van der Waals surface area (Å²) in [5.74, 6) is -0.113. The Morgan fingerprint density at radius 3 is 2.82 bits per heavy atom. The van der Waals surface area contributed by atoms with Crippen molar-refractivity contribution in [3.8, 4) is 0 Å². The van der Waals surface area contributed by atoms with E-state index in [2.05, 4.69) is 12.2 Å². The van der Waals surface area contributed by atoms with E-state index in [0.717, 1.165) is 6.42 Å². The molecule has 0 bridgehead atoms. The molecule has 0 spiro atoms. The lowest BCUT2D eigenvalue weighted by Crippen LogP contribution is -2.35. The van der Waals surface area contributed by atoms with Crippen molar-refractivity contribution in [2.24, 2.45) is 5.92 Å². The summed E-state index contributed by atoms with van der Waals surface area (Å²) in [7, 11) is 0. The lowest BCUT2D eigenvalue weighted by molar-refractivity contribution is -0.136. The predicted octanol–water partition coefficient (Wildman–Crippen LogP) is 0.849. The summed E-state index contributed by atoms with van der Waals surface area (Å²) >= 11 is 0. The largest absolute Gasteiger partial charge is 0.480 e. The Bertz CT molecular complexity index is 147. The third kappa shape index (κ3) is 2.50. The number of hydrogen-bond acceptors (Lipinski definition) is 2. The van der Waals surface area contributed by atoms with E-state index in [1.54, 1.807) is 0 Å². The van der Waals surface area contributed by atoms with Crippen LogP contribution in [0.5, 0.6) is 0 Å². The van der Waals surface area contributed by atoms with Crippen molar-refractivity contribution in [3.63, 3.8) is 0 Å². The van der Waals surface area contributed by atoms with Gasteiger partial charge in [0.15, 0.2) is 0 Å². The second kappa shape index (κ2) is 3.72. The molecule has 1 aliphatic carbocycles. The van der Waals surface area contributed by atoms with Gasteiger partial charge in [0.2, 0.25) is 0 Å². The summed E-state index contributed by atoms with van der Waals surface area (Å²) in [6.45, 7) is 2.28. The van der Waals surface area contributed by atoms with Crippen molar-refractivity contribution in [1.29, 1.82) is 0 Å². The molecule has 0 unspecified atom stereocenters. The highest BCUT2D eigenvalue weighted by atomic mass is 16.4. The molecule has 0 saturated heterocycles. The van der Waals surface area contributed by atoms with E-state index in [1.165, 1.54) is 12.8 Å². The molecule has 0 amide bonds. The van der Waals surface area contributed by atoms with Crippen LogP contribution in [-0.2, 0) is 4.79 Å². The first-order valence-electron chi connectivity index (χ1n) is 4.15. The highest BCUT2D eigenvalue weighted by molar-refractivity contribution is 5.69. The molecule has 2 atom stereocenters. The highest BCUT2D eigenvalue weighted by Gasteiger charge is 2.22. The molecule has 1 saturated carbocycles. The Morgan fingerprint density at radius 1 is 1.64 bits per heavy atom. The van der Waals surface area contributed by atoms with Gasteiger partial charge in [-0.15, -0.1) is 0 Å². The molecule has 0 aliphatic heterocycles. The number of carbonyl (C=O) groups is 1. The maximum Gasteiger partial charge on any atom is 0.317 e. The van der Waals surface area contributed by atoms with Gasteiger partial charge < -0.3 is 10.4 Å². The van der Waals surface area contributed by atoms with Gasteiger partial charge in [-0.05, 0) is 18.8 Å². The van der Waals surface area contributed by atoms with Crippen LogP contribution in [0, 0.1) is 5.92 Å². The van der Waals surface area contributed by atoms with Crippen LogP contribution >= 0.6 is 0 Å². The molecule has 0 aromatic carbocycles. The molecule has 1 fully saturated rings. The number of rotatable bonds is 3. The standard InChI is InChI=1S/C8H15NO2/c1-6-3-2-4-7(6)9-5-8(10)11/h6-7,9H,2-5H2,1H3,(H,10,11)/t6-,7-/m0/s1. The molecule has 64 valence electrons. The first-order chi connectivity index (χ1) is 5.20. The summed E-state index contributed by atoms with van der Waals surface area (Å²) in [5, 5.41) is 11.4. The summed E-state index contributed by atoms with van der Waals surface area (Å²) < 4.78 is 0. The number of carboxylic acid groups (broad SMARTS) is 1. The van der Waals surface area contributed by atoms with E-state index in [4.69, 9.17) is 5.11 Å². The van der Waals surface area contributed by atoms with Gasteiger partial charge in [0.05, 0.1) is 6.54 Å². The zero-order chi connectivity index (χ0) is 8.27. The zero-order valence-electron chi connectivity index (χ0n) is 6.84. The van der Waals surface area contributed by atoms with Crippen LogP contribution in [0.25, 0.3) is 0 Å². The minimum Gasteiger partial charge on any atom is -0.480 e. The Morgan fingerprint density at radius 2 is 2.36 bits per heavy atom. The van der Waals surface area contributed by atoms with Gasteiger partial charge in [0.25, 0.3) is 0 Å². The Kier molecular flexibility index (Phi) is 2.88. The molecule has 3 heteroatoms. The van der Waals surface area contributed by atoms with Crippen molar-refractivity contribution >= 4 is 5.97 Å². The minimum absolute atomic E-state index is 0.106. The summed E-state index contributed by atoms with van der Waals surface area (Å²) in [6, 6.07) is 0.436. The van der Waals surface area contributed by atoms with Crippen LogP contribution in [0.3, 0.4) is 0 Å². The molecule has 1 rings (SSSR count). The molecule has 1 aliphatic rings. The third-order valence-corrected chi connectivity index (χ3v) is 2.38. The fourth-order valence-electron chi connectivity index (χ4n) is 1.67. The van der Waals surface area contributed by atoms with Gasteiger partial charge in [-0.3, -0.25) is 4.79 Å². The van der Waals surface area contributed by atoms with E-state index in [1.807, 2.05) is 0 Å². The molecule has 11 heavy (non-hydrogen) atoms. The number of aliphatic carboxylic acids is 1. The van der Waals surface area contributed by atoms with Crippen LogP contribution in [0.1, 0.15) is 26.2 Å². The highest BCUT2D eigenvalue weighted by Crippen LogP contribution is 2.24. The molecule has 0 aromatic rings. The molecule has 0 aromatic heterocycles. The summed E-state index contributed by atoms with van der Waals surface area (Å²) in [4.78, 5) is 10.2. The van der Waals surface area contributed by atoms with Crippen LogP contribution in [0.15, 0.2) is 0 Å². The van der Waals surface area contributed by atoms with E-state index >= 15 is 0 Å². The third-order valence-electron chi connectivity index (χ3n) is 2.38. The Hall–Kier alpha value is -0.570. The molecule has 0 radical (unpaired) electrons. The first-order valence-corrected chi connectivity index (χ1v) is 4.15. The number of hydrogen-bond donors (Lipinski definition) is 2. The first kappa shape index (κ1) is 8.53. The average molecular weight is 157 g/mol. The van der Waals surface area contributed by atoms with Crippen molar-refractivity contribution in [3.05, 3.63) is 0 Å². The number of nitrogens with one attached hydrogen (secondary N) is 1. The van der Waals surface area contributed by atoms with Gasteiger partial charge in [-0.25, -0.2) is 0 Å². The average Bonchev–Trinajstić information content (AvgIpc) is 2.31. The maximum atomic E-state index is 10.2. The number of carboxylic acids is 1. The van der Waals surface area contributed by atoms with Crippen molar-refractivity contribution in [1.82, 2.24) is 5.32 Å². The predicted molar refractivity (Wildman–Crippen MR) is 42.4 cm³/mol. The van der Waals surface area contributed by atoms with Crippen molar-refractivity contribution < 1.29 is 9.90 Å². The zero-order valence-corrected chi connectivity index (χ0v) is 6.84. The van der Waals surface area contributed by atoms with E-state index in [0.29, 0.717) is 12.0 Å². The monoisotopic (exact) mass is 157 g/mol. The second-order valence-corrected chi connectivity index (χ2v) is 3.29. The lowest BCUT2D eigenvalue weighted by Gasteiger charge is -2.15. The van der Waals surface area contributed by atoms with Gasteiger partial charge in [0, 0.05) is 6.04 Å². The van der Waals surface area contributed by atoms with Crippen LogP contribution in [0.2, 0.25) is 0 Å². The SMILES string of the molecule is C[C@H]1CCC[C@@H]1NCC(=O)O. The van der Waals surface area contributed by atoms with Crippen molar-refractivity contribution in [2.75, 3.05) is 6.54 Å². The van der Waals surface area contributed by atoms with Crippen LogP contribution < -0.4 is 5.32 Å². The van der Waals surface area contributed by atoms with Gasteiger partial charge in [-0.1, -0.05) is 13.3 Å². The fraction of sp³-hybridized carbons (Fsp3) is 0.875. The van der Waals surface area contributed by atoms with Gasteiger partial charge >= 0.3 is 5.97 Å². The van der Waals surface area contributed by atoms with Gasteiger partial charge in [0.1, 0.15) is 0 Å². The second-order valence-electron chi connectivity index (χ2n) is 3.29. The molecule has 0 heterocycles. The van der Waals surface area contributed by atoms with E-state index < -0.39 is 5.97 Å². The smallest absolute Gasteiger partial charge is 0.317 e. The molecular formula is C8H15NO2. The van der Waals surface area contributed by atoms with Crippen molar-refractivity contribution in [2.45, 2.75) is 32.2 Å². The lowest BCUT2D eigenvalue weighted by atomic mass is 10.1.